The van der Waals surface area contributed by atoms with Gasteiger partial charge in [-0.1, -0.05) is 0 Å². The molecule has 0 aliphatic carbocycles. The van der Waals surface area contributed by atoms with Crippen LogP contribution in [0.4, 0.5) is 0 Å². The van der Waals surface area contributed by atoms with Crippen molar-refractivity contribution < 1.29 is 5.11 Å². The minimum Gasteiger partial charge on any atom is -0.508 e. The Morgan fingerprint density at radius 1 is 1.47 bits per heavy atom. The topological polar surface area (TPSA) is 56.1 Å². The van der Waals surface area contributed by atoms with E-state index in [2.05, 4.69) is 5.32 Å². The van der Waals surface area contributed by atoms with Crippen molar-refractivity contribution in [2.75, 3.05) is 7.05 Å². The maximum Gasteiger partial charge on any atom is 0.118 e. The van der Waals surface area contributed by atoms with Crippen LogP contribution in [-0.4, -0.2) is 17.9 Å². The quantitative estimate of drug-likeness (QED) is 0.661. The van der Waals surface area contributed by atoms with Gasteiger partial charge in [0.05, 0.1) is 5.71 Å². The molecule has 0 fully saturated rings. The number of phenolic OH excluding ortho intramolecular Hbond substituents is 1. The Labute approximate surface area is 90.0 Å². The normalized spacial score (nSPS) is 11.3. The second-order valence-corrected chi connectivity index (χ2v) is 3.49. The molecule has 0 atom stereocenters. The Kier molecular flexibility index (Phi) is 3.50. The van der Waals surface area contributed by atoms with Crippen LogP contribution in [0, 0.1) is 12.3 Å². The summed E-state index contributed by atoms with van der Waals surface area (Å²) in [6.45, 7) is 3.70. The monoisotopic (exact) mass is 204 g/mol. The number of benzene rings is 1. The molecule has 3 heteroatoms. The standard InChI is InChI=1S/C12H16N2O/c1-8-6-10(4-5-11(8)15)12(13)9(2)7-14-3/h4-7,13-15H,1-3H3/b9-7-,13-12?. The first-order valence-corrected chi connectivity index (χ1v) is 4.79. The molecule has 1 aromatic rings. The number of rotatable bonds is 3. The minimum atomic E-state index is 0.266. The lowest BCUT2D eigenvalue weighted by molar-refractivity contribution is 0.471. The molecular formula is C12H16N2O. The maximum atomic E-state index is 9.37. The molecule has 0 saturated carbocycles. The Morgan fingerprint density at radius 2 is 2.13 bits per heavy atom. The summed E-state index contributed by atoms with van der Waals surface area (Å²) in [5.41, 5.74) is 2.93. The second-order valence-electron chi connectivity index (χ2n) is 3.49. The van der Waals surface area contributed by atoms with Crippen molar-refractivity contribution in [3.63, 3.8) is 0 Å². The highest BCUT2D eigenvalue weighted by Crippen LogP contribution is 2.18. The zero-order chi connectivity index (χ0) is 11.4. The maximum absolute atomic E-state index is 9.37. The van der Waals surface area contributed by atoms with E-state index in [0.29, 0.717) is 5.71 Å². The molecule has 1 rings (SSSR count). The van der Waals surface area contributed by atoms with Gasteiger partial charge in [0.2, 0.25) is 0 Å². The van der Waals surface area contributed by atoms with Gasteiger partial charge in [-0.2, -0.15) is 0 Å². The van der Waals surface area contributed by atoms with Gasteiger partial charge in [-0.15, -0.1) is 0 Å². The summed E-state index contributed by atoms with van der Waals surface area (Å²) in [7, 11) is 1.80. The molecule has 3 nitrogen and oxygen atoms in total. The summed E-state index contributed by atoms with van der Waals surface area (Å²) in [6, 6.07) is 5.17. The predicted octanol–water partition coefficient (Wildman–Crippen LogP) is 2.19. The molecule has 80 valence electrons. The molecule has 0 heterocycles. The van der Waals surface area contributed by atoms with E-state index in [-0.39, 0.29) is 5.75 Å². The number of aryl methyl sites for hydroxylation is 1. The molecule has 0 aliphatic rings. The van der Waals surface area contributed by atoms with Crippen LogP contribution in [0.1, 0.15) is 18.1 Å². The van der Waals surface area contributed by atoms with Crippen LogP contribution >= 0.6 is 0 Å². The zero-order valence-corrected chi connectivity index (χ0v) is 9.26. The lowest BCUT2D eigenvalue weighted by Crippen LogP contribution is -2.05. The van der Waals surface area contributed by atoms with Crippen molar-refractivity contribution in [2.24, 2.45) is 0 Å². The van der Waals surface area contributed by atoms with Gasteiger partial charge in [0, 0.05) is 18.8 Å². The Morgan fingerprint density at radius 3 is 2.67 bits per heavy atom. The number of nitrogens with one attached hydrogen (secondary N) is 2. The number of phenols is 1. The first-order chi connectivity index (χ1) is 7.06. The van der Waals surface area contributed by atoms with E-state index in [9.17, 15) is 5.11 Å². The number of aromatic hydroxyl groups is 1. The van der Waals surface area contributed by atoms with Crippen molar-refractivity contribution in [2.45, 2.75) is 13.8 Å². The summed E-state index contributed by atoms with van der Waals surface area (Å²) in [5, 5.41) is 20.2. The van der Waals surface area contributed by atoms with E-state index in [1.54, 1.807) is 25.4 Å². The van der Waals surface area contributed by atoms with Crippen molar-refractivity contribution in [1.29, 1.82) is 5.41 Å². The van der Waals surface area contributed by atoms with Gasteiger partial charge in [0.15, 0.2) is 0 Å². The molecule has 0 radical (unpaired) electrons. The largest absolute Gasteiger partial charge is 0.508 e. The molecule has 0 spiro atoms. The second kappa shape index (κ2) is 4.64. The molecule has 0 aromatic heterocycles. The van der Waals surface area contributed by atoms with Crippen LogP contribution in [0.15, 0.2) is 30.0 Å². The smallest absolute Gasteiger partial charge is 0.118 e. The molecule has 0 unspecified atom stereocenters. The first kappa shape index (κ1) is 11.3. The van der Waals surface area contributed by atoms with Gasteiger partial charge >= 0.3 is 0 Å². The lowest BCUT2D eigenvalue weighted by atomic mass is 10.0. The van der Waals surface area contributed by atoms with E-state index >= 15 is 0 Å². The van der Waals surface area contributed by atoms with E-state index in [1.807, 2.05) is 19.9 Å². The summed E-state index contributed by atoms with van der Waals surface area (Å²) < 4.78 is 0. The van der Waals surface area contributed by atoms with Gasteiger partial charge in [-0.25, -0.2) is 0 Å². The fraction of sp³-hybridized carbons (Fsp3) is 0.250. The number of hydrogen-bond donors (Lipinski definition) is 3. The zero-order valence-electron chi connectivity index (χ0n) is 9.26. The van der Waals surface area contributed by atoms with Crippen LogP contribution in [0.2, 0.25) is 0 Å². The third-order valence-electron chi connectivity index (χ3n) is 2.24. The van der Waals surface area contributed by atoms with Crippen LogP contribution in [0.25, 0.3) is 0 Å². The summed E-state index contributed by atoms with van der Waals surface area (Å²) in [5.74, 6) is 0.266. The van der Waals surface area contributed by atoms with E-state index in [1.165, 1.54) is 0 Å². The Balaban J connectivity index is 3.02. The molecular weight excluding hydrogens is 188 g/mol. The average Bonchev–Trinajstić information content (AvgIpc) is 2.21. The molecule has 1 aromatic carbocycles. The Hall–Kier alpha value is -1.77. The molecule has 0 bridgehead atoms. The number of hydrogen-bond acceptors (Lipinski definition) is 3. The van der Waals surface area contributed by atoms with E-state index < -0.39 is 0 Å². The van der Waals surface area contributed by atoms with Gasteiger partial charge in [0.1, 0.15) is 5.75 Å². The van der Waals surface area contributed by atoms with Crippen molar-refractivity contribution >= 4 is 5.71 Å². The van der Waals surface area contributed by atoms with Gasteiger partial charge in [-0.05, 0) is 43.2 Å². The van der Waals surface area contributed by atoms with Crippen molar-refractivity contribution in [3.8, 4) is 5.75 Å². The fourth-order valence-electron chi connectivity index (χ4n) is 1.33. The highest BCUT2D eigenvalue weighted by Gasteiger charge is 2.05. The third kappa shape index (κ3) is 2.59. The molecule has 15 heavy (non-hydrogen) atoms. The minimum absolute atomic E-state index is 0.266. The van der Waals surface area contributed by atoms with Crippen LogP contribution < -0.4 is 5.32 Å². The Bertz CT molecular complexity index is 408. The van der Waals surface area contributed by atoms with Gasteiger partial charge in [0.25, 0.3) is 0 Å². The lowest BCUT2D eigenvalue weighted by Gasteiger charge is -2.06. The average molecular weight is 204 g/mol. The predicted molar refractivity (Wildman–Crippen MR) is 62.5 cm³/mol. The third-order valence-corrected chi connectivity index (χ3v) is 2.24. The van der Waals surface area contributed by atoms with E-state index in [0.717, 1.165) is 16.7 Å². The first-order valence-electron chi connectivity index (χ1n) is 4.79. The van der Waals surface area contributed by atoms with Gasteiger partial charge in [-0.3, -0.25) is 5.41 Å². The molecule has 0 saturated heterocycles. The number of allylic oxidation sites excluding steroid dienone is 1. The molecule has 0 amide bonds. The molecule has 3 N–H and O–H groups in total. The highest BCUT2D eigenvalue weighted by molar-refractivity contribution is 6.10. The van der Waals surface area contributed by atoms with Crippen LogP contribution in [-0.2, 0) is 0 Å². The molecule has 0 aliphatic heterocycles. The van der Waals surface area contributed by atoms with Crippen molar-refractivity contribution in [3.05, 3.63) is 41.1 Å². The summed E-state index contributed by atoms with van der Waals surface area (Å²) in [6.07, 6.45) is 1.78. The summed E-state index contributed by atoms with van der Waals surface area (Å²) >= 11 is 0. The highest BCUT2D eigenvalue weighted by atomic mass is 16.3. The fourth-order valence-corrected chi connectivity index (χ4v) is 1.33. The van der Waals surface area contributed by atoms with Crippen LogP contribution in [0.5, 0.6) is 5.75 Å². The van der Waals surface area contributed by atoms with Crippen LogP contribution in [0.3, 0.4) is 0 Å². The summed E-state index contributed by atoms with van der Waals surface area (Å²) in [4.78, 5) is 0. The van der Waals surface area contributed by atoms with Gasteiger partial charge < -0.3 is 10.4 Å². The SMILES string of the molecule is CN/C=C(/C)C(=N)c1ccc(O)c(C)c1. The van der Waals surface area contributed by atoms with Crippen molar-refractivity contribution in [1.82, 2.24) is 5.32 Å². The van der Waals surface area contributed by atoms with E-state index in [4.69, 9.17) is 5.41 Å².